The summed E-state index contributed by atoms with van der Waals surface area (Å²) >= 11 is 0. The number of amidine groups is 1. The molecule has 0 atom stereocenters. The number of hydrogen-bond acceptors (Lipinski definition) is 5. The van der Waals surface area contributed by atoms with Gasteiger partial charge in [-0.05, 0) is 26.0 Å². The maximum Gasteiger partial charge on any atom is 0.269 e. The van der Waals surface area contributed by atoms with Crippen LogP contribution in [-0.4, -0.2) is 22.9 Å². The number of nitrogens with one attached hydrogen (secondary N) is 1. The van der Waals surface area contributed by atoms with E-state index >= 15 is 0 Å². The highest BCUT2D eigenvalue weighted by Crippen LogP contribution is 2.16. The Balaban J connectivity index is 2.19. The van der Waals surface area contributed by atoms with Crippen molar-refractivity contribution in [1.82, 2.24) is 5.48 Å². The summed E-state index contributed by atoms with van der Waals surface area (Å²) in [5.74, 6) is 0.597. The zero-order valence-electron chi connectivity index (χ0n) is 9.64. The number of hydrogen-bond donors (Lipinski definition) is 1. The van der Waals surface area contributed by atoms with Gasteiger partial charge in [-0.1, -0.05) is 0 Å². The van der Waals surface area contributed by atoms with Gasteiger partial charge in [0, 0.05) is 17.7 Å². The minimum Gasteiger partial charge on any atom is -0.267 e. The van der Waals surface area contributed by atoms with Crippen molar-refractivity contribution >= 4 is 11.5 Å². The first-order valence-corrected chi connectivity index (χ1v) is 5.21. The van der Waals surface area contributed by atoms with E-state index in [1.165, 1.54) is 12.1 Å². The van der Waals surface area contributed by atoms with Crippen molar-refractivity contribution in [2.45, 2.75) is 19.4 Å². The van der Waals surface area contributed by atoms with E-state index in [1.807, 2.05) is 13.8 Å². The monoisotopic (exact) mass is 235 g/mol. The van der Waals surface area contributed by atoms with Gasteiger partial charge in [-0.2, -0.15) is 0 Å². The standard InChI is InChI=1S/C11H13N3O3/c1-11(2)7-12-10(13-17-11)8-3-5-9(6-4-8)14(15)16/h3-6H,7H2,1-2H3,(H,12,13). The third-order valence-corrected chi connectivity index (χ3v) is 2.39. The van der Waals surface area contributed by atoms with E-state index in [0.29, 0.717) is 12.4 Å². The van der Waals surface area contributed by atoms with Crippen LogP contribution in [0.4, 0.5) is 5.69 Å². The fourth-order valence-corrected chi connectivity index (χ4v) is 1.41. The molecule has 0 fully saturated rings. The zero-order valence-corrected chi connectivity index (χ0v) is 9.64. The summed E-state index contributed by atoms with van der Waals surface area (Å²) in [7, 11) is 0. The van der Waals surface area contributed by atoms with Crippen molar-refractivity contribution in [3.05, 3.63) is 39.9 Å². The average molecular weight is 235 g/mol. The molecule has 1 aromatic rings. The number of nitrogens with zero attached hydrogens (tertiary/aromatic N) is 2. The van der Waals surface area contributed by atoms with E-state index in [4.69, 9.17) is 4.84 Å². The normalized spacial score (nSPS) is 18.1. The number of nitro benzene ring substituents is 1. The van der Waals surface area contributed by atoms with Crippen LogP contribution in [0.3, 0.4) is 0 Å². The number of benzene rings is 1. The van der Waals surface area contributed by atoms with E-state index in [9.17, 15) is 10.1 Å². The lowest BCUT2D eigenvalue weighted by molar-refractivity contribution is -0.384. The molecule has 0 aromatic heterocycles. The van der Waals surface area contributed by atoms with Crippen LogP contribution in [0.15, 0.2) is 29.3 Å². The van der Waals surface area contributed by atoms with Crippen LogP contribution in [0.5, 0.6) is 0 Å². The molecular weight excluding hydrogens is 222 g/mol. The molecule has 1 heterocycles. The molecule has 2 rings (SSSR count). The molecule has 90 valence electrons. The first kappa shape index (κ1) is 11.5. The first-order valence-electron chi connectivity index (χ1n) is 5.21. The van der Waals surface area contributed by atoms with Gasteiger partial charge in [0.1, 0.15) is 5.60 Å². The van der Waals surface area contributed by atoms with Gasteiger partial charge in [0.25, 0.3) is 5.69 Å². The number of rotatable bonds is 2. The summed E-state index contributed by atoms with van der Waals surface area (Å²) in [5.41, 5.74) is 3.26. The van der Waals surface area contributed by atoms with Crippen LogP contribution in [0, 0.1) is 10.1 Å². The molecule has 0 bridgehead atoms. The van der Waals surface area contributed by atoms with Crippen molar-refractivity contribution in [2.24, 2.45) is 4.99 Å². The lowest BCUT2D eigenvalue weighted by Crippen LogP contribution is -2.43. The van der Waals surface area contributed by atoms with Gasteiger partial charge in [0.15, 0.2) is 5.84 Å². The van der Waals surface area contributed by atoms with E-state index < -0.39 is 4.92 Å². The molecule has 0 spiro atoms. The predicted molar refractivity (Wildman–Crippen MR) is 62.8 cm³/mol. The van der Waals surface area contributed by atoms with Crippen LogP contribution < -0.4 is 5.48 Å². The highest BCUT2D eigenvalue weighted by atomic mass is 16.7. The van der Waals surface area contributed by atoms with Gasteiger partial charge in [-0.3, -0.25) is 19.9 Å². The molecule has 0 saturated heterocycles. The lowest BCUT2D eigenvalue weighted by atomic mass is 10.1. The highest BCUT2D eigenvalue weighted by Gasteiger charge is 2.24. The summed E-state index contributed by atoms with van der Waals surface area (Å²) in [6, 6.07) is 6.18. The van der Waals surface area contributed by atoms with E-state index in [2.05, 4.69) is 10.5 Å². The van der Waals surface area contributed by atoms with Crippen LogP contribution in [-0.2, 0) is 4.84 Å². The molecule has 17 heavy (non-hydrogen) atoms. The predicted octanol–water partition coefficient (Wildman–Crippen LogP) is 1.65. The fourth-order valence-electron chi connectivity index (χ4n) is 1.41. The van der Waals surface area contributed by atoms with E-state index in [0.717, 1.165) is 5.56 Å². The summed E-state index contributed by atoms with van der Waals surface area (Å²) < 4.78 is 0. The van der Waals surface area contributed by atoms with Gasteiger partial charge in [-0.15, -0.1) is 0 Å². The molecule has 6 heteroatoms. The van der Waals surface area contributed by atoms with Gasteiger partial charge < -0.3 is 0 Å². The van der Waals surface area contributed by atoms with Crippen molar-refractivity contribution in [3.63, 3.8) is 0 Å². The van der Waals surface area contributed by atoms with Gasteiger partial charge in [0.2, 0.25) is 0 Å². The summed E-state index contributed by atoms with van der Waals surface area (Å²) in [6.07, 6.45) is 0. The van der Waals surface area contributed by atoms with Gasteiger partial charge in [0.05, 0.1) is 11.5 Å². The molecule has 1 N–H and O–H groups in total. The number of nitro groups is 1. The molecule has 0 radical (unpaired) electrons. The Morgan fingerprint density at radius 3 is 2.53 bits per heavy atom. The molecular formula is C11H13N3O3. The average Bonchev–Trinajstić information content (AvgIpc) is 2.29. The number of aliphatic imine (C=N–C) groups is 1. The Labute approximate surface area is 98.4 Å². The molecule has 0 aliphatic carbocycles. The smallest absolute Gasteiger partial charge is 0.267 e. The van der Waals surface area contributed by atoms with Crippen LogP contribution in [0.25, 0.3) is 0 Å². The quantitative estimate of drug-likeness (QED) is 0.624. The molecule has 0 saturated carbocycles. The maximum absolute atomic E-state index is 10.5. The van der Waals surface area contributed by atoms with Crippen molar-refractivity contribution in [2.75, 3.05) is 6.54 Å². The summed E-state index contributed by atoms with van der Waals surface area (Å²) in [6.45, 7) is 4.40. The molecule has 0 amide bonds. The molecule has 6 nitrogen and oxygen atoms in total. The third kappa shape index (κ3) is 2.59. The number of hydroxylamine groups is 1. The van der Waals surface area contributed by atoms with Crippen molar-refractivity contribution in [3.8, 4) is 0 Å². The van der Waals surface area contributed by atoms with Gasteiger partial charge >= 0.3 is 0 Å². The number of non-ortho nitro benzene ring substituents is 1. The minimum absolute atomic E-state index is 0.0615. The largest absolute Gasteiger partial charge is 0.269 e. The van der Waals surface area contributed by atoms with Crippen LogP contribution >= 0.6 is 0 Å². The summed E-state index contributed by atoms with van der Waals surface area (Å²) in [4.78, 5) is 19.8. The molecule has 0 unspecified atom stereocenters. The third-order valence-electron chi connectivity index (χ3n) is 2.39. The highest BCUT2D eigenvalue weighted by molar-refractivity contribution is 5.98. The molecule has 1 aliphatic rings. The Morgan fingerprint density at radius 2 is 2.06 bits per heavy atom. The topological polar surface area (TPSA) is 76.8 Å². The Hall–Kier alpha value is -1.95. The second kappa shape index (κ2) is 4.14. The Morgan fingerprint density at radius 1 is 1.41 bits per heavy atom. The van der Waals surface area contributed by atoms with Crippen molar-refractivity contribution < 1.29 is 9.76 Å². The van der Waals surface area contributed by atoms with Crippen LogP contribution in [0.1, 0.15) is 19.4 Å². The van der Waals surface area contributed by atoms with E-state index in [-0.39, 0.29) is 11.3 Å². The van der Waals surface area contributed by atoms with Crippen molar-refractivity contribution in [1.29, 1.82) is 0 Å². The second-order valence-electron chi connectivity index (χ2n) is 4.43. The Bertz CT molecular complexity index is 465. The second-order valence-corrected chi connectivity index (χ2v) is 4.43. The molecule has 1 aromatic carbocycles. The first-order chi connectivity index (χ1) is 7.98. The molecule has 1 aliphatic heterocycles. The Kier molecular flexibility index (Phi) is 2.81. The lowest BCUT2D eigenvalue weighted by Gasteiger charge is -2.28. The van der Waals surface area contributed by atoms with Gasteiger partial charge in [-0.25, -0.2) is 5.48 Å². The van der Waals surface area contributed by atoms with E-state index in [1.54, 1.807) is 12.1 Å². The SMILES string of the molecule is CC1(C)CN=C(c2ccc([N+](=O)[O-])cc2)NO1. The van der Waals surface area contributed by atoms with Crippen LogP contribution in [0.2, 0.25) is 0 Å². The zero-order chi connectivity index (χ0) is 12.5. The fraction of sp³-hybridized carbons (Fsp3) is 0.364. The minimum atomic E-state index is -0.431. The summed E-state index contributed by atoms with van der Waals surface area (Å²) in [5, 5.41) is 10.5. The maximum atomic E-state index is 10.5.